The fourth-order valence-corrected chi connectivity index (χ4v) is 1.13. The molecule has 3 heteroatoms. The van der Waals surface area contributed by atoms with Crippen LogP contribution in [0.1, 0.15) is 26.2 Å². The van der Waals surface area contributed by atoms with Gasteiger partial charge >= 0.3 is 5.97 Å². The van der Waals surface area contributed by atoms with Gasteiger partial charge in [-0.3, -0.25) is 4.79 Å². The van der Waals surface area contributed by atoms with Crippen LogP contribution in [0.5, 0.6) is 0 Å². The molecule has 0 aromatic carbocycles. The van der Waals surface area contributed by atoms with E-state index in [1.807, 2.05) is 0 Å². The third kappa shape index (κ3) is 2.50. The van der Waals surface area contributed by atoms with Gasteiger partial charge in [-0.1, -0.05) is 19.8 Å². The predicted molar refractivity (Wildman–Crippen MR) is 39.9 cm³/mol. The highest BCUT2D eigenvalue weighted by Gasteiger charge is 2.23. The summed E-state index contributed by atoms with van der Waals surface area (Å²) in [5.74, 6) is -0.103. The number of cyclic esters (lactones) is 1. The maximum atomic E-state index is 11.0. The van der Waals surface area contributed by atoms with Gasteiger partial charge in [0.05, 0.1) is 12.5 Å². The molecule has 1 saturated heterocycles. The first-order valence-corrected chi connectivity index (χ1v) is 4.09. The molecule has 0 bridgehead atoms. The van der Waals surface area contributed by atoms with Crippen molar-refractivity contribution < 1.29 is 14.3 Å². The lowest BCUT2D eigenvalue weighted by molar-refractivity contribution is -0.179. The maximum Gasteiger partial charge on any atom is 0.313 e. The number of esters is 1. The molecule has 0 radical (unpaired) electrons. The van der Waals surface area contributed by atoms with Gasteiger partial charge in [-0.2, -0.15) is 0 Å². The number of unbranched alkanes of at least 4 members (excludes halogenated alkanes) is 1. The highest BCUT2D eigenvalue weighted by atomic mass is 16.7. The Morgan fingerprint density at radius 3 is 3.09 bits per heavy atom. The van der Waals surface area contributed by atoms with Crippen molar-refractivity contribution in [3.63, 3.8) is 0 Å². The molecule has 64 valence electrons. The van der Waals surface area contributed by atoms with Crippen molar-refractivity contribution in [3.8, 4) is 0 Å². The fraction of sp³-hybridized carbons (Fsp3) is 0.875. The number of rotatable bonds is 3. The summed E-state index contributed by atoms with van der Waals surface area (Å²) in [6.07, 6.45) is 3.09. The second-order valence-corrected chi connectivity index (χ2v) is 2.79. The lowest BCUT2D eigenvalue weighted by Crippen LogP contribution is -2.29. The molecular formula is C8H14O3. The molecule has 1 aliphatic rings. The molecule has 0 saturated carbocycles. The Morgan fingerprint density at radius 1 is 1.64 bits per heavy atom. The number of hydrogen-bond donors (Lipinski definition) is 0. The Bertz CT molecular complexity index is 133. The van der Waals surface area contributed by atoms with Gasteiger partial charge in [0.1, 0.15) is 0 Å². The Hall–Kier alpha value is -0.570. The van der Waals surface area contributed by atoms with Crippen LogP contribution in [0, 0.1) is 5.92 Å². The average molecular weight is 158 g/mol. The maximum absolute atomic E-state index is 11.0. The van der Waals surface area contributed by atoms with Crippen molar-refractivity contribution in [1.82, 2.24) is 0 Å². The summed E-state index contributed by atoms with van der Waals surface area (Å²) in [5, 5.41) is 0. The Morgan fingerprint density at radius 2 is 2.45 bits per heavy atom. The van der Waals surface area contributed by atoms with Crippen molar-refractivity contribution >= 4 is 5.97 Å². The van der Waals surface area contributed by atoms with E-state index in [0.29, 0.717) is 6.61 Å². The number of carbonyl (C=O) groups is 1. The van der Waals surface area contributed by atoms with Crippen LogP contribution in [0.4, 0.5) is 0 Å². The average Bonchev–Trinajstić information content (AvgIpc) is 2.03. The van der Waals surface area contributed by atoms with Crippen molar-refractivity contribution in [3.05, 3.63) is 0 Å². The summed E-state index contributed by atoms with van der Waals surface area (Å²) in [5.41, 5.74) is 0. The molecule has 1 heterocycles. The Kier molecular flexibility index (Phi) is 3.36. The summed E-state index contributed by atoms with van der Waals surface area (Å²) >= 11 is 0. The van der Waals surface area contributed by atoms with Crippen molar-refractivity contribution in [1.29, 1.82) is 0 Å². The molecule has 0 aromatic heterocycles. The third-order valence-corrected chi connectivity index (χ3v) is 1.84. The molecule has 1 rings (SSSR count). The molecule has 1 atom stereocenters. The van der Waals surface area contributed by atoms with Crippen molar-refractivity contribution in [2.24, 2.45) is 5.92 Å². The van der Waals surface area contributed by atoms with E-state index in [1.54, 1.807) is 0 Å². The minimum absolute atomic E-state index is 0.0105. The topological polar surface area (TPSA) is 35.5 Å². The van der Waals surface area contributed by atoms with E-state index in [-0.39, 0.29) is 18.7 Å². The first kappa shape index (κ1) is 8.53. The van der Waals surface area contributed by atoms with Crippen LogP contribution in [0.15, 0.2) is 0 Å². The first-order valence-electron chi connectivity index (χ1n) is 4.09. The van der Waals surface area contributed by atoms with Gasteiger partial charge in [0.25, 0.3) is 0 Å². The summed E-state index contributed by atoms with van der Waals surface area (Å²) in [4.78, 5) is 11.0. The highest BCUT2D eigenvalue weighted by molar-refractivity contribution is 5.72. The molecule has 3 nitrogen and oxygen atoms in total. The lowest BCUT2D eigenvalue weighted by atomic mass is 10.0. The summed E-state index contributed by atoms with van der Waals surface area (Å²) in [6, 6.07) is 0. The highest BCUT2D eigenvalue weighted by Crippen LogP contribution is 2.14. The van der Waals surface area contributed by atoms with E-state index >= 15 is 0 Å². The smallest absolute Gasteiger partial charge is 0.313 e. The zero-order valence-corrected chi connectivity index (χ0v) is 6.84. The van der Waals surface area contributed by atoms with Crippen LogP contribution in [-0.4, -0.2) is 19.4 Å². The van der Waals surface area contributed by atoms with Gasteiger partial charge in [0, 0.05) is 0 Å². The largest absolute Gasteiger partial charge is 0.438 e. The molecular weight excluding hydrogens is 144 g/mol. The zero-order chi connectivity index (χ0) is 8.10. The fourth-order valence-electron chi connectivity index (χ4n) is 1.13. The van der Waals surface area contributed by atoms with Crippen molar-refractivity contribution in [2.45, 2.75) is 26.2 Å². The van der Waals surface area contributed by atoms with E-state index in [1.165, 1.54) is 0 Å². The molecule has 0 aromatic rings. The summed E-state index contributed by atoms with van der Waals surface area (Å²) in [7, 11) is 0. The molecule has 0 N–H and O–H groups in total. The van der Waals surface area contributed by atoms with Gasteiger partial charge in [0.2, 0.25) is 0 Å². The van der Waals surface area contributed by atoms with E-state index in [2.05, 4.69) is 6.92 Å². The Labute approximate surface area is 66.7 Å². The van der Waals surface area contributed by atoms with Crippen molar-refractivity contribution in [2.75, 3.05) is 13.4 Å². The monoisotopic (exact) mass is 158 g/mol. The molecule has 1 fully saturated rings. The first-order chi connectivity index (χ1) is 5.34. The third-order valence-electron chi connectivity index (χ3n) is 1.84. The van der Waals surface area contributed by atoms with E-state index < -0.39 is 0 Å². The molecule has 1 aliphatic heterocycles. The summed E-state index contributed by atoms with van der Waals surface area (Å²) < 4.78 is 9.73. The minimum atomic E-state index is -0.0929. The van der Waals surface area contributed by atoms with Crippen LogP contribution in [0.2, 0.25) is 0 Å². The number of ether oxygens (including phenoxy) is 2. The summed E-state index contributed by atoms with van der Waals surface area (Å²) in [6.45, 7) is 2.79. The van der Waals surface area contributed by atoms with Gasteiger partial charge in [-0.25, -0.2) is 0 Å². The van der Waals surface area contributed by atoms with E-state index in [9.17, 15) is 4.79 Å². The molecule has 0 aliphatic carbocycles. The van der Waals surface area contributed by atoms with Crippen LogP contribution in [-0.2, 0) is 14.3 Å². The van der Waals surface area contributed by atoms with E-state index in [4.69, 9.17) is 9.47 Å². The minimum Gasteiger partial charge on any atom is -0.438 e. The lowest BCUT2D eigenvalue weighted by Gasteiger charge is -2.20. The van der Waals surface area contributed by atoms with Gasteiger partial charge in [0.15, 0.2) is 6.79 Å². The standard InChI is InChI=1S/C8H14O3/c1-2-3-4-7-5-10-6-11-8(7)9/h7H,2-6H2,1H3. The second kappa shape index (κ2) is 4.34. The molecule has 11 heavy (non-hydrogen) atoms. The second-order valence-electron chi connectivity index (χ2n) is 2.79. The van der Waals surface area contributed by atoms with E-state index in [0.717, 1.165) is 19.3 Å². The van der Waals surface area contributed by atoms with Crippen LogP contribution < -0.4 is 0 Å². The van der Waals surface area contributed by atoms with Crippen LogP contribution in [0.3, 0.4) is 0 Å². The van der Waals surface area contributed by atoms with Crippen LogP contribution in [0.25, 0.3) is 0 Å². The molecule has 1 unspecified atom stereocenters. The Balaban J connectivity index is 2.24. The number of hydrogen-bond acceptors (Lipinski definition) is 3. The van der Waals surface area contributed by atoms with Gasteiger partial charge in [-0.05, 0) is 6.42 Å². The van der Waals surface area contributed by atoms with Crippen LogP contribution >= 0.6 is 0 Å². The normalized spacial score (nSPS) is 24.8. The molecule has 0 spiro atoms. The van der Waals surface area contributed by atoms with Gasteiger partial charge in [-0.15, -0.1) is 0 Å². The predicted octanol–water partition coefficient (Wildman–Crippen LogP) is 1.32. The SMILES string of the molecule is CCCCC1COCOC1=O. The van der Waals surface area contributed by atoms with Gasteiger partial charge < -0.3 is 9.47 Å². The zero-order valence-electron chi connectivity index (χ0n) is 6.84. The quantitative estimate of drug-likeness (QED) is 0.581. The molecule has 0 amide bonds. The number of carbonyl (C=O) groups excluding carboxylic acids is 1.